The molecule has 4 rings (SSSR count). The predicted octanol–water partition coefficient (Wildman–Crippen LogP) is 5.27. The van der Waals surface area contributed by atoms with Crippen molar-refractivity contribution in [3.05, 3.63) is 77.0 Å². The molecule has 35 heavy (non-hydrogen) atoms. The molecular formula is C28H35N5OS. The van der Waals surface area contributed by atoms with Gasteiger partial charge in [-0.1, -0.05) is 30.3 Å². The van der Waals surface area contributed by atoms with Crippen molar-refractivity contribution < 1.29 is 4.74 Å². The van der Waals surface area contributed by atoms with Crippen LogP contribution in [0.3, 0.4) is 0 Å². The predicted molar refractivity (Wildman–Crippen MR) is 151 cm³/mol. The number of ether oxygens (including phenoxy) is 1. The summed E-state index contributed by atoms with van der Waals surface area (Å²) < 4.78 is 5.61. The molecule has 0 aromatic heterocycles. The van der Waals surface area contributed by atoms with Gasteiger partial charge in [0.1, 0.15) is 0 Å². The first-order valence-corrected chi connectivity index (χ1v) is 12.9. The average molecular weight is 490 g/mol. The fourth-order valence-electron chi connectivity index (χ4n) is 4.59. The van der Waals surface area contributed by atoms with Crippen molar-refractivity contribution >= 4 is 41.0 Å². The summed E-state index contributed by atoms with van der Waals surface area (Å²) in [5, 5.41) is 8.09. The standard InChI is InChI=1S/C28H35N5OS/c1-3-32(4-2)26-14-10-22(11-15-26)20-23-12-13-24(27(23)33-16-18-34-19-17-33)21-29-31-28(35)30-25-8-6-5-7-9-25/h5-11,14-15,20-21H,3-4,12-13,16-19H2,1-2H3,(H2,30,31,35)/b23-20+,29-21-. The lowest BCUT2D eigenvalue weighted by molar-refractivity contribution is 0.0548. The Labute approximate surface area is 214 Å². The van der Waals surface area contributed by atoms with E-state index in [1.54, 1.807) is 0 Å². The van der Waals surface area contributed by atoms with Crippen LogP contribution in [0, 0.1) is 0 Å². The van der Waals surface area contributed by atoms with E-state index >= 15 is 0 Å². The lowest BCUT2D eigenvalue weighted by Gasteiger charge is -2.31. The number of rotatable bonds is 8. The smallest absolute Gasteiger partial charge is 0.191 e. The summed E-state index contributed by atoms with van der Waals surface area (Å²) in [5.41, 5.74) is 10.3. The molecule has 1 fully saturated rings. The summed E-state index contributed by atoms with van der Waals surface area (Å²) in [6.45, 7) is 9.72. The van der Waals surface area contributed by atoms with Crippen LogP contribution in [0.1, 0.15) is 32.3 Å². The van der Waals surface area contributed by atoms with Crippen molar-refractivity contribution in [2.24, 2.45) is 5.10 Å². The van der Waals surface area contributed by atoms with Gasteiger partial charge in [0.15, 0.2) is 5.11 Å². The zero-order valence-corrected chi connectivity index (χ0v) is 21.5. The zero-order valence-electron chi connectivity index (χ0n) is 20.7. The Bertz CT molecular complexity index is 1070. The van der Waals surface area contributed by atoms with E-state index in [-0.39, 0.29) is 0 Å². The molecule has 2 aromatic carbocycles. The molecule has 1 heterocycles. The molecule has 0 saturated carbocycles. The maximum absolute atomic E-state index is 5.61. The van der Waals surface area contributed by atoms with Crippen LogP contribution >= 0.6 is 12.2 Å². The van der Waals surface area contributed by atoms with E-state index in [1.165, 1.54) is 28.1 Å². The summed E-state index contributed by atoms with van der Waals surface area (Å²) in [5.74, 6) is 0. The number of nitrogens with one attached hydrogen (secondary N) is 2. The molecule has 184 valence electrons. The van der Waals surface area contributed by atoms with Crippen molar-refractivity contribution in [1.82, 2.24) is 10.3 Å². The molecule has 7 heteroatoms. The number of thiocarbonyl (C=S) groups is 1. The van der Waals surface area contributed by atoms with Gasteiger partial charge in [-0.15, -0.1) is 0 Å². The molecule has 1 aliphatic carbocycles. The van der Waals surface area contributed by atoms with Crippen LogP contribution in [0.25, 0.3) is 6.08 Å². The van der Waals surface area contributed by atoms with E-state index in [2.05, 4.69) is 69.8 Å². The van der Waals surface area contributed by atoms with Crippen molar-refractivity contribution in [3.8, 4) is 0 Å². The van der Waals surface area contributed by atoms with Gasteiger partial charge >= 0.3 is 0 Å². The molecule has 0 bridgehead atoms. The fraction of sp³-hybridized carbons (Fsp3) is 0.357. The molecule has 6 nitrogen and oxygen atoms in total. The number of hydrazone groups is 1. The Morgan fingerprint density at radius 3 is 2.43 bits per heavy atom. The van der Waals surface area contributed by atoms with Gasteiger partial charge in [-0.3, -0.25) is 5.43 Å². The second-order valence-electron chi connectivity index (χ2n) is 8.60. The highest BCUT2D eigenvalue weighted by atomic mass is 32.1. The number of benzene rings is 2. The molecule has 0 spiro atoms. The second-order valence-corrected chi connectivity index (χ2v) is 9.01. The molecule has 1 aliphatic heterocycles. The van der Waals surface area contributed by atoms with Crippen molar-refractivity contribution in [1.29, 1.82) is 0 Å². The Morgan fingerprint density at radius 2 is 1.74 bits per heavy atom. The SMILES string of the molecule is CCN(CC)c1ccc(/C=C2\CCC(/C=N\NC(=S)Nc3ccccc3)=C2N2CCOCC2)cc1. The van der Waals surface area contributed by atoms with E-state index in [9.17, 15) is 0 Å². The molecule has 0 atom stereocenters. The zero-order chi connectivity index (χ0) is 24.5. The van der Waals surface area contributed by atoms with E-state index in [1.807, 2.05) is 36.5 Å². The number of hydrogen-bond acceptors (Lipinski definition) is 5. The van der Waals surface area contributed by atoms with Gasteiger partial charge in [0, 0.05) is 43.3 Å². The van der Waals surface area contributed by atoms with Crippen LogP contribution < -0.4 is 15.6 Å². The van der Waals surface area contributed by atoms with Crippen LogP contribution in [0.4, 0.5) is 11.4 Å². The third-order valence-electron chi connectivity index (χ3n) is 6.38. The normalized spacial score (nSPS) is 17.3. The number of allylic oxidation sites excluding steroid dienone is 2. The van der Waals surface area contributed by atoms with Crippen LogP contribution in [0.5, 0.6) is 0 Å². The van der Waals surface area contributed by atoms with Gasteiger partial charge in [0.2, 0.25) is 0 Å². The maximum Gasteiger partial charge on any atom is 0.191 e. The number of nitrogens with zero attached hydrogens (tertiary/aromatic N) is 3. The van der Waals surface area contributed by atoms with Crippen LogP contribution in [-0.2, 0) is 4.74 Å². The third-order valence-corrected chi connectivity index (χ3v) is 6.57. The highest BCUT2D eigenvalue weighted by Gasteiger charge is 2.25. The minimum Gasteiger partial charge on any atom is -0.378 e. The Hall–Kier alpha value is -3.16. The van der Waals surface area contributed by atoms with Crippen molar-refractivity contribution in [2.75, 3.05) is 49.6 Å². The fourth-order valence-corrected chi connectivity index (χ4v) is 4.76. The van der Waals surface area contributed by atoms with Gasteiger partial charge in [0.05, 0.1) is 19.4 Å². The van der Waals surface area contributed by atoms with E-state index in [4.69, 9.17) is 17.0 Å². The summed E-state index contributed by atoms with van der Waals surface area (Å²) in [7, 11) is 0. The number of morpholine rings is 1. The number of anilines is 2. The van der Waals surface area contributed by atoms with E-state index < -0.39 is 0 Å². The average Bonchev–Trinajstić information content (AvgIpc) is 3.29. The lowest BCUT2D eigenvalue weighted by atomic mass is 10.1. The summed E-state index contributed by atoms with van der Waals surface area (Å²) in [4.78, 5) is 4.80. The van der Waals surface area contributed by atoms with Crippen molar-refractivity contribution in [3.63, 3.8) is 0 Å². The minimum atomic E-state index is 0.475. The monoisotopic (exact) mass is 489 g/mol. The Balaban J connectivity index is 1.51. The van der Waals surface area contributed by atoms with Crippen LogP contribution in [0.15, 0.2) is 76.5 Å². The molecule has 2 N–H and O–H groups in total. The molecule has 2 aliphatic rings. The lowest BCUT2D eigenvalue weighted by Crippen LogP contribution is -2.36. The first-order valence-electron chi connectivity index (χ1n) is 12.4. The third kappa shape index (κ3) is 6.71. The first kappa shape index (κ1) is 24.9. The largest absolute Gasteiger partial charge is 0.378 e. The summed E-state index contributed by atoms with van der Waals surface area (Å²) >= 11 is 5.39. The Kier molecular flexibility index (Phi) is 8.92. The van der Waals surface area contributed by atoms with Crippen LogP contribution in [0.2, 0.25) is 0 Å². The van der Waals surface area contributed by atoms with E-state index in [0.717, 1.165) is 57.9 Å². The molecule has 0 amide bonds. The van der Waals surface area contributed by atoms with Gasteiger partial charge < -0.3 is 19.9 Å². The first-order chi connectivity index (χ1) is 17.2. The number of hydrogen-bond donors (Lipinski definition) is 2. The summed E-state index contributed by atoms with van der Waals surface area (Å²) in [6, 6.07) is 18.7. The number of para-hydroxylation sites is 1. The molecule has 1 saturated heterocycles. The second kappa shape index (κ2) is 12.5. The highest BCUT2D eigenvalue weighted by Crippen LogP contribution is 2.35. The Morgan fingerprint density at radius 1 is 1.03 bits per heavy atom. The molecule has 0 unspecified atom stereocenters. The van der Waals surface area contributed by atoms with Crippen molar-refractivity contribution in [2.45, 2.75) is 26.7 Å². The van der Waals surface area contributed by atoms with Gasteiger partial charge in [-0.2, -0.15) is 5.10 Å². The molecular weight excluding hydrogens is 454 g/mol. The minimum absolute atomic E-state index is 0.475. The van der Waals surface area contributed by atoms with Gasteiger partial charge in [-0.05, 0) is 86.0 Å². The summed E-state index contributed by atoms with van der Waals surface area (Å²) in [6.07, 6.45) is 6.21. The van der Waals surface area contributed by atoms with Gasteiger partial charge in [-0.25, -0.2) is 0 Å². The maximum atomic E-state index is 5.61. The quantitative estimate of drug-likeness (QED) is 0.299. The van der Waals surface area contributed by atoms with Crippen LogP contribution in [-0.4, -0.2) is 55.6 Å². The molecule has 0 radical (unpaired) electrons. The van der Waals surface area contributed by atoms with E-state index in [0.29, 0.717) is 5.11 Å². The van der Waals surface area contributed by atoms with Gasteiger partial charge in [0.25, 0.3) is 0 Å². The highest BCUT2D eigenvalue weighted by molar-refractivity contribution is 7.80. The topological polar surface area (TPSA) is 52.1 Å². The molecule has 2 aromatic rings.